The van der Waals surface area contributed by atoms with Crippen LogP contribution in [-0.4, -0.2) is 4.98 Å². The largest absolute Gasteiger partial charge is 0.377 e. The molecule has 0 spiro atoms. The summed E-state index contributed by atoms with van der Waals surface area (Å²) >= 11 is 5.86. The van der Waals surface area contributed by atoms with Gasteiger partial charge < -0.3 is 5.32 Å². The molecule has 21 heavy (non-hydrogen) atoms. The van der Waals surface area contributed by atoms with E-state index in [1.165, 1.54) is 0 Å². The van der Waals surface area contributed by atoms with Gasteiger partial charge in [-0.2, -0.15) is 0 Å². The normalized spacial score (nSPS) is 10.8. The lowest BCUT2D eigenvalue weighted by Gasteiger charge is -2.11. The maximum atomic E-state index is 13.7. The van der Waals surface area contributed by atoms with Gasteiger partial charge in [0.2, 0.25) is 0 Å². The molecule has 0 bridgehead atoms. The monoisotopic (exact) mass is 304 g/mol. The maximum Gasteiger partial charge on any atom is 0.150 e. The van der Waals surface area contributed by atoms with E-state index in [2.05, 4.69) is 10.3 Å². The van der Waals surface area contributed by atoms with Crippen LogP contribution in [0.3, 0.4) is 0 Å². The molecule has 1 N–H and O–H groups in total. The average Bonchev–Trinajstić information content (AvgIpc) is 2.46. The van der Waals surface area contributed by atoms with Gasteiger partial charge in [-0.1, -0.05) is 29.8 Å². The molecule has 0 amide bonds. The minimum Gasteiger partial charge on any atom is -0.377 e. The Balaban J connectivity index is 1.91. The van der Waals surface area contributed by atoms with Crippen LogP contribution in [0.25, 0.3) is 10.9 Å². The van der Waals surface area contributed by atoms with E-state index in [4.69, 9.17) is 11.6 Å². The van der Waals surface area contributed by atoms with Gasteiger partial charge >= 0.3 is 0 Å². The molecule has 2 nitrogen and oxygen atoms in total. The number of pyridine rings is 1. The summed E-state index contributed by atoms with van der Waals surface area (Å²) in [6.45, 7) is 0.366. The summed E-state index contributed by atoms with van der Waals surface area (Å²) in [6.07, 6.45) is 1.70. The molecule has 3 rings (SSSR count). The third-order valence-electron chi connectivity index (χ3n) is 3.20. The molecule has 0 aliphatic carbocycles. The number of nitrogens with one attached hydrogen (secondary N) is 1. The minimum absolute atomic E-state index is 0.0193. The first-order valence-corrected chi connectivity index (χ1v) is 6.74. The first-order valence-electron chi connectivity index (χ1n) is 6.36. The number of nitrogens with zero attached hydrogens (tertiary/aromatic N) is 1. The second-order valence-corrected chi connectivity index (χ2v) is 4.99. The first kappa shape index (κ1) is 13.8. The highest BCUT2D eigenvalue weighted by atomic mass is 35.5. The number of hydrogen-bond donors (Lipinski definition) is 1. The number of aromatic nitrogens is 1. The molecule has 1 heterocycles. The molecule has 0 aliphatic heterocycles. The summed E-state index contributed by atoms with van der Waals surface area (Å²) in [6, 6.07) is 11.4. The standard InChI is InChI=1S/C16H11ClF2N2/c17-13-7-11(18)8-14(19)16(13)21-9-10-5-6-20-15-4-2-1-3-12(10)15/h1-8,21H,9H2. The van der Waals surface area contributed by atoms with Gasteiger partial charge in [-0.05, 0) is 23.8 Å². The van der Waals surface area contributed by atoms with Crippen molar-refractivity contribution in [3.8, 4) is 0 Å². The Kier molecular flexibility index (Phi) is 3.71. The Bertz CT molecular complexity index is 777. The average molecular weight is 305 g/mol. The molecular formula is C16H11ClF2N2. The predicted molar refractivity (Wildman–Crippen MR) is 80.4 cm³/mol. The molecule has 2 aromatic carbocycles. The van der Waals surface area contributed by atoms with E-state index in [9.17, 15) is 8.78 Å². The first-order chi connectivity index (χ1) is 10.1. The number of benzene rings is 2. The highest BCUT2D eigenvalue weighted by Gasteiger charge is 2.10. The maximum absolute atomic E-state index is 13.7. The van der Waals surface area contributed by atoms with Crippen LogP contribution >= 0.6 is 11.6 Å². The van der Waals surface area contributed by atoms with Crippen molar-refractivity contribution in [1.82, 2.24) is 4.98 Å². The third kappa shape index (κ3) is 2.81. The molecule has 0 atom stereocenters. The summed E-state index contributed by atoms with van der Waals surface area (Å²) in [4.78, 5) is 4.27. The molecule has 106 valence electrons. The van der Waals surface area contributed by atoms with Crippen molar-refractivity contribution in [2.75, 3.05) is 5.32 Å². The van der Waals surface area contributed by atoms with Gasteiger partial charge in [0, 0.05) is 24.2 Å². The van der Waals surface area contributed by atoms with Crippen molar-refractivity contribution in [2.24, 2.45) is 0 Å². The SMILES string of the molecule is Fc1cc(F)c(NCc2ccnc3ccccc23)c(Cl)c1. The van der Waals surface area contributed by atoms with Crippen molar-refractivity contribution in [1.29, 1.82) is 0 Å². The topological polar surface area (TPSA) is 24.9 Å². The zero-order valence-corrected chi connectivity index (χ0v) is 11.7. The number of fused-ring (bicyclic) bond motifs is 1. The van der Waals surface area contributed by atoms with Gasteiger partial charge in [0.15, 0.2) is 5.82 Å². The highest BCUT2D eigenvalue weighted by Crippen LogP contribution is 2.27. The fourth-order valence-electron chi connectivity index (χ4n) is 2.20. The molecule has 0 saturated heterocycles. The van der Waals surface area contributed by atoms with Crippen LogP contribution in [0.5, 0.6) is 0 Å². The molecule has 0 aliphatic rings. The molecule has 5 heteroatoms. The van der Waals surface area contributed by atoms with Gasteiger partial charge in [0.05, 0.1) is 16.2 Å². The summed E-state index contributed by atoms with van der Waals surface area (Å²) in [5, 5.41) is 3.91. The Labute approximate surface area is 125 Å². The van der Waals surface area contributed by atoms with Crippen molar-refractivity contribution in [2.45, 2.75) is 6.54 Å². The van der Waals surface area contributed by atoms with E-state index < -0.39 is 11.6 Å². The van der Waals surface area contributed by atoms with Crippen LogP contribution in [-0.2, 0) is 6.54 Å². The summed E-state index contributed by atoms with van der Waals surface area (Å²) < 4.78 is 26.7. The summed E-state index contributed by atoms with van der Waals surface area (Å²) in [5.41, 5.74) is 1.92. The summed E-state index contributed by atoms with van der Waals surface area (Å²) in [7, 11) is 0. The molecule has 3 aromatic rings. The van der Waals surface area contributed by atoms with Crippen LogP contribution in [0.2, 0.25) is 5.02 Å². The summed E-state index contributed by atoms with van der Waals surface area (Å²) in [5.74, 6) is -1.41. The fourth-order valence-corrected chi connectivity index (χ4v) is 2.47. The molecule has 0 unspecified atom stereocenters. The van der Waals surface area contributed by atoms with E-state index in [-0.39, 0.29) is 10.7 Å². The van der Waals surface area contributed by atoms with E-state index >= 15 is 0 Å². The third-order valence-corrected chi connectivity index (χ3v) is 3.50. The van der Waals surface area contributed by atoms with Crippen molar-refractivity contribution < 1.29 is 8.78 Å². The second-order valence-electron chi connectivity index (χ2n) is 4.59. The number of anilines is 1. The Hall–Kier alpha value is -2.20. The van der Waals surface area contributed by atoms with Crippen LogP contribution in [0, 0.1) is 11.6 Å². The molecule has 1 aromatic heterocycles. The molecule has 0 saturated carbocycles. The lowest BCUT2D eigenvalue weighted by molar-refractivity contribution is 0.585. The zero-order chi connectivity index (χ0) is 14.8. The van der Waals surface area contributed by atoms with Gasteiger partial charge in [-0.3, -0.25) is 4.98 Å². The number of para-hydroxylation sites is 1. The fraction of sp³-hybridized carbons (Fsp3) is 0.0625. The van der Waals surface area contributed by atoms with Crippen LogP contribution in [0.15, 0.2) is 48.7 Å². The Morgan fingerprint density at radius 3 is 2.71 bits per heavy atom. The van der Waals surface area contributed by atoms with E-state index in [0.29, 0.717) is 6.54 Å². The number of rotatable bonds is 3. The van der Waals surface area contributed by atoms with Crippen LogP contribution in [0.1, 0.15) is 5.56 Å². The second kappa shape index (κ2) is 5.66. The van der Waals surface area contributed by atoms with E-state index in [0.717, 1.165) is 28.6 Å². The van der Waals surface area contributed by atoms with E-state index in [1.807, 2.05) is 30.3 Å². The molecular weight excluding hydrogens is 294 g/mol. The smallest absolute Gasteiger partial charge is 0.150 e. The predicted octanol–water partition coefficient (Wildman–Crippen LogP) is 4.78. The molecule has 0 radical (unpaired) electrons. The van der Waals surface area contributed by atoms with Gasteiger partial charge in [-0.15, -0.1) is 0 Å². The highest BCUT2D eigenvalue weighted by molar-refractivity contribution is 6.33. The van der Waals surface area contributed by atoms with Crippen molar-refractivity contribution in [3.05, 3.63) is 70.9 Å². The Morgan fingerprint density at radius 2 is 1.90 bits per heavy atom. The zero-order valence-electron chi connectivity index (χ0n) is 10.9. The van der Waals surface area contributed by atoms with Gasteiger partial charge in [0.25, 0.3) is 0 Å². The number of halogens is 3. The molecule has 0 fully saturated rings. The van der Waals surface area contributed by atoms with Crippen LogP contribution in [0.4, 0.5) is 14.5 Å². The van der Waals surface area contributed by atoms with Crippen LogP contribution < -0.4 is 5.32 Å². The minimum atomic E-state index is -0.710. The quantitative estimate of drug-likeness (QED) is 0.753. The van der Waals surface area contributed by atoms with Crippen molar-refractivity contribution >= 4 is 28.2 Å². The van der Waals surface area contributed by atoms with E-state index in [1.54, 1.807) is 6.20 Å². The van der Waals surface area contributed by atoms with Gasteiger partial charge in [0.1, 0.15) is 5.82 Å². The Morgan fingerprint density at radius 1 is 1.10 bits per heavy atom. The number of hydrogen-bond acceptors (Lipinski definition) is 2. The van der Waals surface area contributed by atoms with Gasteiger partial charge in [-0.25, -0.2) is 8.78 Å². The lowest BCUT2D eigenvalue weighted by Crippen LogP contribution is -2.03. The van der Waals surface area contributed by atoms with Crippen molar-refractivity contribution in [3.63, 3.8) is 0 Å². The lowest BCUT2D eigenvalue weighted by atomic mass is 10.1.